The molecule has 1 aliphatic rings. The molecule has 0 unspecified atom stereocenters. The van der Waals surface area contributed by atoms with Crippen molar-refractivity contribution >= 4 is 50.0 Å². The van der Waals surface area contributed by atoms with Gasteiger partial charge in [0.05, 0.1) is 26.6 Å². The Bertz CT molecular complexity index is 564. The maximum atomic E-state index is 11.2. The van der Waals surface area contributed by atoms with Crippen LogP contribution in [0.1, 0.15) is 0 Å². The van der Waals surface area contributed by atoms with Crippen molar-refractivity contribution in [3.63, 3.8) is 0 Å². The summed E-state index contributed by atoms with van der Waals surface area (Å²) in [6, 6.07) is 3.84. The van der Waals surface area contributed by atoms with E-state index in [1.54, 1.807) is 0 Å². The normalized spacial score (nSPS) is 15.1. The predicted molar refractivity (Wildman–Crippen MR) is 63.4 cm³/mol. The second-order valence-electron chi connectivity index (χ2n) is 3.18. The van der Waals surface area contributed by atoms with Crippen molar-refractivity contribution in [1.29, 1.82) is 0 Å². The minimum absolute atomic E-state index is 0.0371. The molecule has 0 aliphatic carbocycles. The number of aromatic nitrogens is 1. The first kappa shape index (κ1) is 8.99. The SMILES string of the molecule is Nc1nc2c3c(ccc2s1)NC(=O)CS3. The summed E-state index contributed by atoms with van der Waals surface area (Å²) in [4.78, 5) is 16.5. The summed E-state index contributed by atoms with van der Waals surface area (Å²) in [6.45, 7) is 0. The smallest absolute Gasteiger partial charge is 0.234 e. The zero-order chi connectivity index (χ0) is 10.4. The molecule has 0 radical (unpaired) electrons. The van der Waals surface area contributed by atoms with Crippen LogP contribution >= 0.6 is 23.1 Å². The first-order chi connectivity index (χ1) is 7.24. The van der Waals surface area contributed by atoms with Crippen LogP contribution in [0.4, 0.5) is 10.8 Å². The van der Waals surface area contributed by atoms with E-state index in [4.69, 9.17) is 5.73 Å². The number of benzene rings is 1. The van der Waals surface area contributed by atoms with Crippen molar-refractivity contribution in [1.82, 2.24) is 4.98 Å². The number of carbonyl (C=O) groups is 1. The summed E-state index contributed by atoms with van der Waals surface area (Å²) in [5, 5.41) is 3.39. The molecule has 3 rings (SSSR count). The number of nitrogens with zero attached hydrogens (tertiary/aromatic N) is 1. The van der Waals surface area contributed by atoms with Gasteiger partial charge in [-0.1, -0.05) is 11.3 Å². The highest BCUT2D eigenvalue weighted by molar-refractivity contribution is 8.00. The van der Waals surface area contributed by atoms with Crippen LogP contribution in [0.5, 0.6) is 0 Å². The van der Waals surface area contributed by atoms with Gasteiger partial charge in [0.25, 0.3) is 0 Å². The lowest BCUT2D eigenvalue weighted by Crippen LogP contribution is -2.18. The molecule has 0 spiro atoms. The number of nitrogens with two attached hydrogens (primary N) is 1. The van der Waals surface area contributed by atoms with Crippen LogP contribution in [0.3, 0.4) is 0 Å². The third kappa shape index (κ3) is 1.37. The van der Waals surface area contributed by atoms with Crippen molar-refractivity contribution in [3.05, 3.63) is 12.1 Å². The molecule has 15 heavy (non-hydrogen) atoms. The summed E-state index contributed by atoms with van der Waals surface area (Å²) in [6.07, 6.45) is 0. The monoisotopic (exact) mass is 237 g/mol. The van der Waals surface area contributed by atoms with E-state index in [0.717, 1.165) is 20.8 Å². The average Bonchev–Trinajstić information content (AvgIpc) is 2.58. The molecule has 0 fully saturated rings. The number of thiazole rings is 1. The van der Waals surface area contributed by atoms with Gasteiger partial charge in [0, 0.05) is 0 Å². The first-order valence-electron chi connectivity index (χ1n) is 4.36. The fraction of sp³-hybridized carbons (Fsp3) is 0.111. The molecule has 6 heteroatoms. The van der Waals surface area contributed by atoms with Crippen molar-refractivity contribution in [2.24, 2.45) is 0 Å². The molecule has 3 N–H and O–H groups in total. The van der Waals surface area contributed by atoms with Crippen LogP contribution in [-0.4, -0.2) is 16.6 Å². The zero-order valence-corrected chi connectivity index (χ0v) is 9.24. The molecular formula is C9H7N3OS2. The van der Waals surface area contributed by atoms with Crippen molar-refractivity contribution in [3.8, 4) is 0 Å². The van der Waals surface area contributed by atoms with Gasteiger partial charge in [0.1, 0.15) is 0 Å². The standard InChI is InChI=1S/C9H7N3OS2/c10-9-12-7-5(15-9)2-1-4-8(7)14-3-6(13)11-4/h1-2H,3H2,(H2,10,12)(H,11,13). The molecule has 0 bridgehead atoms. The third-order valence-electron chi connectivity index (χ3n) is 2.15. The lowest BCUT2D eigenvalue weighted by atomic mass is 10.3. The van der Waals surface area contributed by atoms with Crippen LogP contribution in [0.25, 0.3) is 10.2 Å². The van der Waals surface area contributed by atoms with Gasteiger partial charge < -0.3 is 11.1 Å². The number of hydrogen-bond acceptors (Lipinski definition) is 5. The molecule has 0 saturated carbocycles. The largest absolute Gasteiger partial charge is 0.375 e. The highest BCUT2D eigenvalue weighted by Gasteiger charge is 2.19. The van der Waals surface area contributed by atoms with Gasteiger partial charge in [-0.3, -0.25) is 4.79 Å². The fourth-order valence-electron chi connectivity index (χ4n) is 1.56. The Balaban J connectivity index is 2.29. The Labute approximate surface area is 93.9 Å². The van der Waals surface area contributed by atoms with Crippen molar-refractivity contribution < 1.29 is 4.79 Å². The molecule has 76 valence electrons. The predicted octanol–water partition coefficient (Wildman–Crippen LogP) is 1.92. The first-order valence-corrected chi connectivity index (χ1v) is 6.16. The molecule has 2 aromatic rings. The molecule has 1 aromatic heterocycles. The summed E-state index contributed by atoms with van der Waals surface area (Å²) in [5.74, 6) is 0.485. The van der Waals surface area contributed by atoms with Crippen LogP contribution in [0.15, 0.2) is 17.0 Å². The Morgan fingerprint density at radius 1 is 1.47 bits per heavy atom. The summed E-state index contributed by atoms with van der Waals surface area (Å²) in [7, 11) is 0. The minimum atomic E-state index is 0.0371. The fourth-order valence-corrected chi connectivity index (χ4v) is 3.28. The maximum absolute atomic E-state index is 11.2. The van der Waals surface area contributed by atoms with Crippen molar-refractivity contribution in [2.45, 2.75) is 4.90 Å². The van der Waals surface area contributed by atoms with E-state index in [0.29, 0.717) is 10.9 Å². The molecule has 1 aromatic carbocycles. The topological polar surface area (TPSA) is 68.0 Å². The van der Waals surface area contributed by atoms with Gasteiger partial charge in [-0.05, 0) is 12.1 Å². The van der Waals surface area contributed by atoms with Crippen molar-refractivity contribution in [2.75, 3.05) is 16.8 Å². The molecule has 4 nitrogen and oxygen atoms in total. The molecule has 2 heterocycles. The number of nitrogen functional groups attached to an aromatic ring is 1. The van der Waals surface area contributed by atoms with E-state index < -0.39 is 0 Å². The number of nitrogens with one attached hydrogen (secondary N) is 1. The summed E-state index contributed by atoms with van der Waals surface area (Å²) in [5.41, 5.74) is 7.41. The number of carbonyl (C=O) groups excluding carboxylic acids is 1. The Morgan fingerprint density at radius 2 is 2.33 bits per heavy atom. The molecule has 0 atom stereocenters. The van der Waals surface area contributed by atoms with E-state index in [2.05, 4.69) is 10.3 Å². The average molecular weight is 237 g/mol. The van der Waals surface area contributed by atoms with Crippen LogP contribution in [0.2, 0.25) is 0 Å². The highest BCUT2D eigenvalue weighted by Crippen LogP contribution is 2.39. The molecular weight excluding hydrogens is 230 g/mol. The number of hydrogen-bond donors (Lipinski definition) is 2. The van der Waals surface area contributed by atoms with E-state index in [1.165, 1.54) is 23.1 Å². The highest BCUT2D eigenvalue weighted by atomic mass is 32.2. The van der Waals surface area contributed by atoms with Crippen LogP contribution in [-0.2, 0) is 4.79 Å². The lowest BCUT2D eigenvalue weighted by Gasteiger charge is -2.15. The Kier molecular flexibility index (Phi) is 1.86. The van der Waals surface area contributed by atoms with Gasteiger partial charge in [-0.2, -0.15) is 0 Å². The zero-order valence-electron chi connectivity index (χ0n) is 7.61. The number of rotatable bonds is 0. The second kappa shape index (κ2) is 3.11. The Hall–Kier alpha value is -1.27. The van der Waals surface area contributed by atoms with Gasteiger partial charge in [-0.25, -0.2) is 4.98 Å². The van der Waals surface area contributed by atoms with Crippen LogP contribution < -0.4 is 11.1 Å². The van der Waals surface area contributed by atoms with Gasteiger partial charge >= 0.3 is 0 Å². The summed E-state index contributed by atoms with van der Waals surface area (Å²) < 4.78 is 1.06. The molecule has 0 saturated heterocycles. The molecule has 1 amide bonds. The van der Waals surface area contributed by atoms with Gasteiger partial charge in [0.15, 0.2) is 5.13 Å². The minimum Gasteiger partial charge on any atom is -0.375 e. The number of amides is 1. The van der Waals surface area contributed by atoms with Gasteiger partial charge in [0.2, 0.25) is 5.91 Å². The number of anilines is 2. The van der Waals surface area contributed by atoms with Gasteiger partial charge in [-0.15, -0.1) is 11.8 Å². The number of fused-ring (bicyclic) bond motifs is 3. The molecule has 1 aliphatic heterocycles. The Morgan fingerprint density at radius 3 is 3.20 bits per heavy atom. The quantitative estimate of drug-likeness (QED) is 0.734. The van der Waals surface area contributed by atoms with E-state index in [1.807, 2.05) is 12.1 Å². The third-order valence-corrected chi connectivity index (χ3v) is 4.11. The second-order valence-corrected chi connectivity index (χ2v) is 5.23. The summed E-state index contributed by atoms with van der Waals surface area (Å²) >= 11 is 2.98. The number of thioether (sulfide) groups is 1. The van der Waals surface area contributed by atoms with Crippen LogP contribution in [0, 0.1) is 0 Å². The van der Waals surface area contributed by atoms with E-state index >= 15 is 0 Å². The maximum Gasteiger partial charge on any atom is 0.234 e. The lowest BCUT2D eigenvalue weighted by molar-refractivity contribution is -0.113. The van der Waals surface area contributed by atoms with E-state index in [9.17, 15) is 4.79 Å². The van der Waals surface area contributed by atoms with E-state index in [-0.39, 0.29) is 5.91 Å².